The van der Waals surface area contributed by atoms with Gasteiger partial charge in [-0.2, -0.15) is 0 Å². The van der Waals surface area contributed by atoms with Gasteiger partial charge in [-0.15, -0.1) is 0 Å². The largest absolute Gasteiger partial charge is 0.508 e. The van der Waals surface area contributed by atoms with Crippen molar-refractivity contribution in [2.45, 2.75) is 6.04 Å². The summed E-state index contributed by atoms with van der Waals surface area (Å²) in [5.41, 5.74) is 0.379. The number of rotatable bonds is 4. The zero-order valence-electron chi connectivity index (χ0n) is 13.7. The topological polar surface area (TPSA) is 82.1 Å². The highest BCUT2D eigenvalue weighted by molar-refractivity contribution is 5.98. The lowest BCUT2D eigenvalue weighted by molar-refractivity contribution is 0.0600. The molecule has 0 unspecified atom stereocenters. The number of methoxy groups -OCH3 is 1. The minimum atomic E-state index is -0.594. The van der Waals surface area contributed by atoms with E-state index in [1.807, 2.05) is 7.05 Å². The third kappa shape index (κ3) is 4.43. The molecule has 7 nitrogen and oxygen atoms in total. The number of esters is 1. The summed E-state index contributed by atoms with van der Waals surface area (Å²) in [4.78, 5) is 28.3. The van der Waals surface area contributed by atoms with Crippen LogP contribution in [0.2, 0.25) is 0 Å². The minimum absolute atomic E-state index is 0.146. The maximum atomic E-state index is 12.3. The van der Waals surface area contributed by atoms with Gasteiger partial charge in [0.05, 0.1) is 12.7 Å². The number of carbonyl (C=O) groups is 2. The quantitative estimate of drug-likeness (QED) is 0.769. The van der Waals surface area contributed by atoms with Crippen LogP contribution < -0.4 is 5.32 Å². The Morgan fingerprint density at radius 1 is 1.26 bits per heavy atom. The zero-order chi connectivity index (χ0) is 17.0. The Labute approximate surface area is 135 Å². The molecule has 7 heteroatoms. The van der Waals surface area contributed by atoms with Gasteiger partial charge in [0.2, 0.25) is 0 Å². The lowest BCUT2D eigenvalue weighted by atomic mass is 10.1. The van der Waals surface area contributed by atoms with E-state index in [4.69, 9.17) is 0 Å². The number of piperazine rings is 1. The smallest absolute Gasteiger partial charge is 0.338 e. The molecule has 2 N–H and O–H groups in total. The molecule has 1 aliphatic heterocycles. The maximum absolute atomic E-state index is 12.3. The Balaban J connectivity index is 2.03. The number of phenols is 1. The van der Waals surface area contributed by atoms with E-state index in [0.29, 0.717) is 6.54 Å². The Kier molecular flexibility index (Phi) is 5.57. The van der Waals surface area contributed by atoms with Crippen molar-refractivity contribution in [2.75, 3.05) is 47.4 Å². The first-order valence-electron chi connectivity index (χ1n) is 7.50. The van der Waals surface area contributed by atoms with Gasteiger partial charge in [0.15, 0.2) is 0 Å². The third-order valence-electron chi connectivity index (χ3n) is 4.08. The highest BCUT2D eigenvalue weighted by atomic mass is 16.5. The molecule has 1 aromatic rings. The van der Waals surface area contributed by atoms with Crippen LogP contribution in [-0.4, -0.2) is 80.2 Å². The molecule has 0 bridgehead atoms. The van der Waals surface area contributed by atoms with Gasteiger partial charge in [0.1, 0.15) is 5.75 Å². The number of aromatic hydroxyl groups is 1. The van der Waals surface area contributed by atoms with E-state index < -0.39 is 5.97 Å². The Morgan fingerprint density at radius 2 is 1.96 bits per heavy atom. The van der Waals surface area contributed by atoms with Crippen LogP contribution >= 0.6 is 0 Å². The fourth-order valence-corrected chi connectivity index (χ4v) is 2.61. The number of benzene rings is 1. The van der Waals surface area contributed by atoms with E-state index in [2.05, 4.69) is 26.9 Å². The van der Waals surface area contributed by atoms with Gasteiger partial charge >= 0.3 is 5.97 Å². The van der Waals surface area contributed by atoms with Crippen LogP contribution in [0.25, 0.3) is 0 Å². The first-order valence-corrected chi connectivity index (χ1v) is 7.50. The summed E-state index contributed by atoms with van der Waals surface area (Å²) in [5.74, 6) is -1.07. The van der Waals surface area contributed by atoms with Crippen LogP contribution in [0.15, 0.2) is 18.2 Å². The van der Waals surface area contributed by atoms with Crippen LogP contribution in [0, 0.1) is 0 Å². The fraction of sp³-hybridized carbons (Fsp3) is 0.500. The molecule has 1 heterocycles. The number of nitrogens with zero attached hydrogens (tertiary/aromatic N) is 2. The summed E-state index contributed by atoms with van der Waals surface area (Å²) >= 11 is 0. The molecule has 0 spiro atoms. The molecule has 1 fully saturated rings. The number of phenolic OH excluding ortho intramolecular Hbond substituents is 1. The predicted octanol–water partition coefficient (Wildman–Crippen LogP) is 0.154. The van der Waals surface area contributed by atoms with E-state index in [9.17, 15) is 14.7 Å². The summed E-state index contributed by atoms with van der Waals surface area (Å²) in [5, 5.41) is 12.5. The first-order chi connectivity index (χ1) is 10.9. The normalized spacial score (nSPS) is 19.3. The molecule has 0 radical (unpaired) electrons. The second kappa shape index (κ2) is 7.43. The minimum Gasteiger partial charge on any atom is -0.508 e. The molecule has 1 aliphatic rings. The Bertz CT molecular complexity index is 591. The highest BCUT2D eigenvalue weighted by Crippen LogP contribution is 2.16. The molecule has 0 aromatic heterocycles. The van der Waals surface area contributed by atoms with Gasteiger partial charge in [-0.05, 0) is 32.3 Å². The van der Waals surface area contributed by atoms with Gasteiger partial charge in [0, 0.05) is 37.8 Å². The molecule has 2 rings (SSSR count). The van der Waals surface area contributed by atoms with E-state index in [-0.39, 0.29) is 28.8 Å². The number of nitrogens with one attached hydrogen (secondary N) is 1. The molecule has 1 amide bonds. The predicted molar refractivity (Wildman–Crippen MR) is 85.7 cm³/mol. The number of hydrogen-bond donors (Lipinski definition) is 2. The van der Waals surface area contributed by atoms with Crippen molar-refractivity contribution < 1.29 is 19.4 Å². The summed E-state index contributed by atoms with van der Waals surface area (Å²) in [7, 11) is 5.34. The van der Waals surface area contributed by atoms with Crippen molar-refractivity contribution in [3.63, 3.8) is 0 Å². The lowest BCUT2D eigenvalue weighted by Crippen LogP contribution is -2.54. The Morgan fingerprint density at radius 3 is 2.65 bits per heavy atom. The molecule has 1 aromatic carbocycles. The highest BCUT2D eigenvalue weighted by Gasteiger charge is 2.23. The summed E-state index contributed by atoms with van der Waals surface area (Å²) in [6, 6.07) is 4.25. The van der Waals surface area contributed by atoms with Crippen molar-refractivity contribution in [3.05, 3.63) is 29.3 Å². The molecule has 23 heavy (non-hydrogen) atoms. The molecular weight excluding hydrogens is 298 g/mol. The molecule has 0 aliphatic carbocycles. The average molecular weight is 321 g/mol. The van der Waals surface area contributed by atoms with E-state index in [1.54, 1.807) is 0 Å². The standard InChI is InChI=1S/C16H23N3O4/c1-18-4-5-19(2)13(10-18)9-17-15(21)11-6-12(16(22)23-3)8-14(20)7-11/h6-8,13,20H,4-5,9-10H2,1-3H3,(H,17,21)/t13-/m0/s1. The van der Waals surface area contributed by atoms with Crippen molar-refractivity contribution >= 4 is 11.9 Å². The molecule has 0 saturated carbocycles. The molecule has 1 atom stereocenters. The first kappa shape index (κ1) is 17.2. The van der Waals surface area contributed by atoms with E-state index >= 15 is 0 Å². The number of hydrogen-bond acceptors (Lipinski definition) is 6. The monoisotopic (exact) mass is 321 g/mol. The van der Waals surface area contributed by atoms with Crippen molar-refractivity contribution in [3.8, 4) is 5.75 Å². The molecule has 126 valence electrons. The van der Waals surface area contributed by atoms with Crippen LogP contribution in [0.4, 0.5) is 0 Å². The van der Waals surface area contributed by atoms with Gasteiger partial charge < -0.3 is 20.1 Å². The summed E-state index contributed by atoms with van der Waals surface area (Å²) < 4.78 is 4.61. The van der Waals surface area contributed by atoms with Crippen LogP contribution in [0.1, 0.15) is 20.7 Å². The van der Waals surface area contributed by atoms with Gasteiger partial charge in [-0.3, -0.25) is 9.69 Å². The van der Waals surface area contributed by atoms with Crippen LogP contribution in [-0.2, 0) is 4.74 Å². The van der Waals surface area contributed by atoms with Crippen molar-refractivity contribution in [1.29, 1.82) is 0 Å². The zero-order valence-corrected chi connectivity index (χ0v) is 13.7. The Hall–Kier alpha value is -2.12. The van der Waals surface area contributed by atoms with Gasteiger partial charge in [-0.1, -0.05) is 0 Å². The lowest BCUT2D eigenvalue weighted by Gasteiger charge is -2.37. The number of likely N-dealkylation sites (N-methyl/N-ethyl adjacent to an activating group) is 2. The summed E-state index contributed by atoms with van der Waals surface area (Å²) in [6.07, 6.45) is 0. The average Bonchev–Trinajstić information content (AvgIpc) is 2.54. The van der Waals surface area contributed by atoms with E-state index in [0.717, 1.165) is 19.6 Å². The molecular formula is C16H23N3O4. The fourth-order valence-electron chi connectivity index (χ4n) is 2.61. The second-order valence-corrected chi connectivity index (χ2v) is 5.87. The van der Waals surface area contributed by atoms with Gasteiger partial charge in [-0.25, -0.2) is 4.79 Å². The number of amides is 1. The SMILES string of the molecule is COC(=O)c1cc(O)cc(C(=O)NC[C@H]2CN(C)CCN2C)c1. The van der Waals surface area contributed by atoms with Crippen molar-refractivity contribution in [2.24, 2.45) is 0 Å². The van der Waals surface area contributed by atoms with Crippen LogP contribution in [0.3, 0.4) is 0 Å². The van der Waals surface area contributed by atoms with Gasteiger partial charge in [0.25, 0.3) is 5.91 Å². The van der Waals surface area contributed by atoms with Crippen LogP contribution in [0.5, 0.6) is 5.75 Å². The van der Waals surface area contributed by atoms with Crippen molar-refractivity contribution in [1.82, 2.24) is 15.1 Å². The van der Waals surface area contributed by atoms with E-state index in [1.165, 1.54) is 25.3 Å². The summed E-state index contributed by atoms with van der Waals surface area (Å²) in [6.45, 7) is 3.35. The number of ether oxygens (including phenoxy) is 1. The maximum Gasteiger partial charge on any atom is 0.338 e. The second-order valence-electron chi connectivity index (χ2n) is 5.87. The number of carbonyl (C=O) groups excluding carboxylic acids is 2. The third-order valence-corrected chi connectivity index (χ3v) is 4.08. The molecule has 1 saturated heterocycles.